The van der Waals surface area contributed by atoms with Crippen molar-refractivity contribution in [1.82, 2.24) is 0 Å². The normalized spacial score (nSPS) is 13.5. The minimum Gasteiger partial charge on any atom is -0.325 e. The molecular weight excluding hydrogens is 151 g/mol. The summed E-state index contributed by atoms with van der Waals surface area (Å²) < 4.78 is 21.0. The molecule has 0 aromatic heterocycles. The van der Waals surface area contributed by atoms with Crippen LogP contribution in [0, 0.1) is 0 Å². The Balaban J connectivity index is 4.35. The highest BCUT2D eigenvalue weighted by atomic mass is 32.2. The van der Waals surface area contributed by atoms with Gasteiger partial charge in [-0.05, 0) is 13.0 Å². The molecule has 0 aromatic carbocycles. The summed E-state index contributed by atoms with van der Waals surface area (Å²) in [6.07, 6.45) is 4.10. The van der Waals surface area contributed by atoms with Crippen molar-refractivity contribution in [3.63, 3.8) is 0 Å². The highest BCUT2D eigenvalue weighted by molar-refractivity contribution is 7.97. The first-order chi connectivity index (χ1) is 4.76. The molecule has 0 rings (SSSR count). The number of rotatable bonds is 3. The molecule has 0 saturated heterocycles. The van der Waals surface area contributed by atoms with E-state index in [4.69, 9.17) is 4.55 Å². The molecule has 0 aliphatic heterocycles. The molecule has 0 aliphatic rings. The van der Waals surface area contributed by atoms with Gasteiger partial charge < -0.3 is 4.55 Å². The lowest BCUT2D eigenvalue weighted by atomic mass is 10.4. The van der Waals surface area contributed by atoms with Crippen molar-refractivity contribution in [1.29, 1.82) is 0 Å². The van der Waals surface area contributed by atoms with Crippen LogP contribution in [0.25, 0.3) is 0 Å². The largest absolute Gasteiger partial charge is 0.325 e. The SMILES string of the molecule is C=C/C=C(SO)\C(F)=C/C. The highest BCUT2D eigenvalue weighted by Gasteiger charge is 1.99. The number of hydrogen-bond donors (Lipinski definition) is 1. The Bertz CT molecular complexity index is 172. The van der Waals surface area contributed by atoms with Gasteiger partial charge in [0.1, 0.15) is 5.83 Å². The van der Waals surface area contributed by atoms with Crippen LogP contribution in [0.5, 0.6) is 0 Å². The van der Waals surface area contributed by atoms with Crippen LogP contribution in [0.15, 0.2) is 35.5 Å². The van der Waals surface area contributed by atoms with Crippen molar-refractivity contribution in [2.24, 2.45) is 0 Å². The molecule has 0 fully saturated rings. The van der Waals surface area contributed by atoms with E-state index < -0.39 is 5.83 Å². The molecule has 10 heavy (non-hydrogen) atoms. The van der Waals surface area contributed by atoms with Crippen molar-refractivity contribution >= 4 is 12.0 Å². The Morgan fingerprint density at radius 3 is 2.60 bits per heavy atom. The molecule has 0 bridgehead atoms. The zero-order valence-electron chi connectivity index (χ0n) is 5.67. The average Bonchev–Trinajstić information content (AvgIpc) is 1.99. The summed E-state index contributed by atoms with van der Waals surface area (Å²) in [4.78, 5) is 0.178. The standard InChI is InChI=1S/C7H9FOS/c1-3-5-7(10-9)6(8)4-2/h3-5,9H,1H2,2H3/b6-4+,7-5+. The maximum Gasteiger partial charge on any atom is 0.134 e. The Labute approximate surface area is 64.2 Å². The molecular formula is C7H9FOS. The summed E-state index contributed by atoms with van der Waals surface area (Å²) in [6, 6.07) is 0. The van der Waals surface area contributed by atoms with Crippen molar-refractivity contribution in [2.75, 3.05) is 0 Å². The number of hydrogen-bond acceptors (Lipinski definition) is 2. The van der Waals surface area contributed by atoms with Crippen LogP contribution in [-0.2, 0) is 0 Å². The molecule has 56 valence electrons. The third kappa shape index (κ3) is 2.85. The first kappa shape index (κ1) is 9.46. The van der Waals surface area contributed by atoms with Gasteiger partial charge in [0, 0.05) is 12.0 Å². The molecule has 0 atom stereocenters. The lowest BCUT2D eigenvalue weighted by Gasteiger charge is -1.94. The van der Waals surface area contributed by atoms with Gasteiger partial charge in [0.25, 0.3) is 0 Å². The van der Waals surface area contributed by atoms with Gasteiger partial charge in [-0.1, -0.05) is 18.7 Å². The Morgan fingerprint density at radius 1 is 1.70 bits per heavy atom. The van der Waals surface area contributed by atoms with E-state index in [0.29, 0.717) is 12.0 Å². The van der Waals surface area contributed by atoms with Crippen LogP contribution in [0.1, 0.15) is 6.92 Å². The Morgan fingerprint density at radius 2 is 2.30 bits per heavy atom. The molecule has 0 amide bonds. The monoisotopic (exact) mass is 160 g/mol. The van der Waals surface area contributed by atoms with Crippen LogP contribution in [0.3, 0.4) is 0 Å². The van der Waals surface area contributed by atoms with Crippen molar-refractivity contribution in [2.45, 2.75) is 6.92 Å². The lowest BCUT2D eigenvalue weighted by molar-refractivity contribution is 0.643. The summed E-state index contributed by atoms with van der Waals surface area (Å²) in [7, 11) is 0. The molecule has 0 unspecified atom stereocenters. The van der Waals surface area contributed by atoms with Gasteiger partial charge in [-0.3, -0.25) is 0 Å². The number of allylic oxidation sites excluding steroid dienone is 4. The molecule has 0 radical (unpaired) electrons. The zero-order chi connectivity index (χ0) is 7.98. The third-order valence-corrected chi connectivity index (χ3v) is 1.38. The van der Waals surface area contributed by atoms with E-state index in [9.17, 15) is 4.39 Å². The van der Waals surface area contributed by atoms with Crippen LogP contribution >= 0.6 is 12.0 Å². The topological polar surface area (TPSA) is 20.2 Å². The third-order valence-electron chi connectivity index (χ3n) is 0.856. The molecule has 0 heterocycles. The summed E-state index contributed by atoms with van der Waals surface area (Å²) in [5.74, 6) is -0.438. The second kappa shape index (κ2) is 5.26. The van der Waals surface area contributed by atoms with Gasteiger partial charge in [-0.15, -0.1) is 0 Å². The van der Waals surface area contributed by atoms with E-state index >= 15 is 0 Å². The van der Waals surface area contributed by atoms with Gasteiger partial charge in [-0.2, -0.15) is 0 Å². The molecule has 1 nitrogen and oxygen atoms in total. The van der Waals surface area contributed by atoms with E-state index in [1.807, 2.05) is 0 Å². The smallest absolute Gasteiger partial charge is 0.134 e. The van der Waals surface area contributed by atoms with Crippen LogP contribution < -0.4 is 0 Å². The fraction of sp³-hybridized carbons (Fsp3) is 0.143. The van der Waals surface area contributed by atoms with E-state index in [1.165, 1.54) is 18.2 Å². The zero-order valence-corrected chi connectivity index (χ0v) is 6.49. The molecule has 3 heteroatoms. The summed E-state index contributed by atoms with van der Waals surface area (Å²) >= 11 is 0.374. The quantitative estimate of drug-likeness (QED) is 0.505. The lowest BCUT2D eigenvalue weighted by Crippen LogP contribution is -1.75. The molecule has 0 aromatic rings. The predicted molar refractivity (Wildman–Crippen MR) is 43.4 cm³/mol. The fourth-order valence-corrected chi connectivity index (χ4v) is 0.765. The van der Waals surface area contributed by atoms with Crippen molar-refractivity contribution < 1.29 is 8.94 Å². The number of halogens is 1. The van der Waals surface area contributed by atoms with Gasteiger partial charge in [0.2, 0.25) is 0 Å². The second-order valence-corrected chi connectivity index (χ2v) is 2.12. The van der Waals surface area contributed by atoms with E-state index in [2.05, 4.69) is 6.58 Å². The van der Waals surface area contributed by atoms with Crippen LogP contribution in [-0.4, -0.2) is 4.55 Å². The highest BCUT2D eigenvalue weighted by Crippen LogP contribution is 2.21. The predicted octanol–water partition coefficient (Wildman–Crippen LogP) is 3.14. The maximum absolute atomic E-state index is 12.5. The first-order valence-corrected chi connectivity index (χ1v) is 3.50. The van der Waals surface area contributed by atoms with Crippen molar-refractivity contribution in [3.8, 4) is 0 Å². The van der Waals surface area contributed by atoms with Crippen molar-refractivity contribution in [3.05, 3.63) is 35.5 Å². The first-order valence-electron chi connectivity index (χ1n) is 2.72. The van der Waals surface area contributed by atoms with Gasteiger partial charge >= 0.3 is 0 Å². The van der Waals surface area contributed by atoms with Gasteiger partial charge in [0.05, 0.1) is 4.91 Å². The van der Waals surface area contributed by atoms with Crippen LogP contribution in [0.2, 0.25) is 0 Å². The Hall–Kier alpha value is -0.540. The summed E-state index contributed by atoms with van der Waals surface area (Å²) in [5.41, 5.74) is 0. The van der Waals surface area contributed by atoms with E-state index in [0.717, 1.165) is 0 Å². The van der Waals surface area contributed by atoms with Gasteiger partial charge in [0.15, 0.2) is 0 Å². The maximum atomic E-state index is 12.5. The molecule has 0 aliphatic carbocycles. The minimum absolute atomic E-state index is 0.178. The molecule has 0 spiro atoms. The average molecular weight is 160 g/mol. The molecule has 0 saturated carbocycles. The van der Waals surface area contributed by atoms with E-state index in [1.54, 1.807) is 6.92 Å². The summed E-state index contributed by atoms with van der Waals surface area (Å²) in [6.45, 7) is 4.93. The van der Waals surface area contributed by atoms with Crippen LogP contribution in [0.4, 0.5) is 4.39 Å². The van der Waals surface area contributed by atoms with E-state index in [-0.39, 0.29) is 4.91 Å². The second-order valence-electron chi connectivity index (χ2n) is 1.49. The molecule has 1 N–H and O–H groups in total. The fourth-order valence-electron chi connectivity index (χ4n) is 0.403. The summed E-state index contributed by atoms with van der Waals surface area (Å²) in [5, 5.41) is 0. The Kier molecular flexibility index (Phi) is 4.98. The van der Waals surface area contributed by atoms with Gasteiger partial charge in [-0.25, -0.2) is 4.39 Å². The minimum atomic E-state index is -0.438.